The minimum Gasteiger partial charge on any atom is -0.300 e. The molecule has 0 aliphatic heterocycles. The summed E-state index contributed by atoms with van der Waals surface area (Å²) in [7, 11) is 0. The highest BCUT2D eigenvalue weighted by Crippen LogP contribution is 2.29. The Balaban J connectivity index is 1.35. The van der Waals surface area contributed by atoms with Crippen LogP contribution in [0, 0.1) is 11.7 Å². The molecule has 0 unspecified atom stereocenters. The van der Waals surface area contributed by atoms with Gasteiger partial charge in [0.15, 0.2) is 14.9 Å². The van der Waals surface area contributed by atoms with Crippen LogP contribution in [0.1, 0.15) is 16.9 Å². The minimum absolute atomic E-state index is 0.140. The molecule has 0 spiro atoms. The predicted molar refractivity (Wildman–Crippen MR) is 125 cm³/mol. The second-order valence-corrected chi connectivity index (χ2v) is 10.0. The van der Waals surface area contributed by atoms with Gasteiger partial charge in [0.25, 0.3) is 0 Å². The molecule has 3 aromatic heterocycles. The van der Waals surface area contributed by atoms with Crippen LogP contribution in [0.4, 0.5) is 5.13 Å². The number of benzene rings is 1. The van der Waals surface area contributed by atoms with Crippen molar-refractivity contribution in [1.29, 1.82) is 0 Å². The smallest absolute Gasteiger partial charge is 0.227 e. The van der Waals surface area contributed by atoms with E-state index in [4.69, 9.17) is 12.2 Å². The van der Waals surface area contributed by atoms with E-state index in [1.165, 1.54) is 16.2 Å². The molecular weight excluding hydrogens is 457 g/mol. The molecule has 7 nitrogen and oxygen atoms in total. The lowest BCUT2D eigenvalue weighted by atomic mass is 10.1. The summed E-state index contributed by atoms with van der Waals surface area (Å²) in [5, 5.41) is 20.7. The Bertz CT molecular complexity index is 1190. The molecule has 4 rings (SSSR count). The second kappa shape index (κ2) is 9.65. The first kappa shape index (κ1) is 20.9. The van der Waals surface area contributed by atoms with Crippen molar-refractivity contribution in [3.05, 3.63) is 57.0 Å². The van der Waals surface area contributed by atoms with Crippen molar-refractivity contribution >= 4 is 57.7 Å². The van der Waals surface area contributed by atoms with E-state index in [1.807, 2.05) is 41.8 Å². The van der Waals surface area contributed by atoms with Crippen molar-refractivity contribution in [1.82, 2.24) is 25.0 Å². The zero-order valence-corrected chi connectivity index (χ0v) is 19.3. The van der Waals surface area contributed by atoms with Gasteiger partial charge in [-0.15, -0.1) is 21.5 Å². The average Bonchev–Trinajstić information content (AvgIpc) is 3.46. The number of rotatable bonds is 8. The van der Waals surface area contributed by atoms with E-state index in [0.29, 0.717) is 16.4 Å². The van der Waals surface area contributed by atoms with E-state index in [2.05, 4.69) is 37.2 Å². The molecule has 0 aliphatic rings. The van der Waals surface area contributed by atoms with Crippen molar-refractivity contribution < 1.29 is 4.79 Å². The van der Waals surface area contributed by atoms with Gasteiger partial charge < -0.3 is 5.32 Å². The number of aromatic amines is 1. The normalized spacial score (nSPS) is 11.0. The van der Waals surface area contributed by atoms with E-state index in [0.717, 1.165) is 27.0 Å². The molecule has 1 amide bonds. The number of thioether (sulfide) groups is 1. The number of nitrogens with zero attached hydrogens (tertiary/aromatic N) is 4. The zero-order valence-electron chi connectivity index (χ0n) is 16.0. The van der Waals surface area contributed by atoms with Gasteiger partial charge in [-0.2, -0.15) is 5.10 Å². The number of carbonyl (C=O) groups excluding carboxylic acids is 1. The molecule has 0 saturated carbocycles. The van der Waals surface area contributed by atoms with Crippen LogP contribution in [0.2, 0.25) is 0 Å². The van der Waals surface area contributed by atoms with E-state index >= 15 is 0 Å². The van der Waals surface area contributed by atoms with Gasteiger partial charge in [-0.3, -0.25) is 14.5 Å². The summed E-state index contributed by atoms with van der Waals surface area (Å²) in [5.74, 6) is 1.43. The van der Waals surface area contributed by atoms with Gasteiger partial charge in [-0.25, -0.2) is 0 Å². The van der Waals surface area contributed by atoms with Gasteiger partial charge in [-0.1, -0.05) is 52.9 Å². The molecule has 0 fully saturated rings. The standard InChI is InChI=1S/C19H18N6OS4/c1-12-4-2-5-13(10-12)16-21-23-18(27)25(16)8-7-15(26)20-17-22-24-19(30-17)29-11-14-6-3-9-28-14/h2-6,9-10H,7-8,11H2,1H3,(H,23,27)(H,20,22,26). The number of nitrogens with one attached hydrogen (secondary N) is 2. The highest BCUT2D eigenvalue weighted by molar-refractivity contribution is 8.00. The first-order valence-corrected chi connectivity index (χ1v) is 12.2. The van der Waals surface area contributed by atoms with E-state index < -0.39 is 0 Å². The average molecular weight is 475 g/mol. The number of hydrogen-bond donors (Lipinski definition) is 2. The zero-order chi connectivity index (χ0) is 20.9. The van der Waals surface area contributed by atoms with Crippen molar-refractivity contribution in [2.45, 2.75) is 30.0 Å². The van der Waals surface area contributed by atoms with Crippen molar-refractivity contribution in [2.24, 2.45) is 0 Å². The number of aromatic nitrogens is 5. The summed E-state index contributed by atoms with van der Waals surface area (Å²) in [6, 6.07) is 12.1. The number of aryl methyl sites for hydroxylation is 1. The molecular formula is C19H18N6OS4. The maximum absolute atomic E-state index is 12.4. The predicted octanol–water partition coefficient (Wildman–Crippen LogP) is 5.15. The van der Waals surface area contributed by atoms with Gasteiger partial charge >= 0.3 is 0 Å². The Morgan fingerprint density at radius 2 is 2.20 bits per heavy atom. The molecule has 30 heavy (non-hydrogen) atoms. The molecule has 3 heterocycles. The largest absolute Gasteiger partial charge is 0.300 e. The van der Waals surface area contributed by atoms with Crippen LogP contribution in [0.25, 0.3) is 11.4 Å². The molecule has 0 radical (unpaired) electrons. The van der Waals surface area contributed by atoms with Gasteiger partial charge in [-0.05, 0) is 36.7 Å². The Morgan fingerprint density at radius 1 is 1.30 bits per heavy atom. The third kappa shape index (κ3) is 5.22. The number of H-pyrrole nitrogens is 1. The van der Waals surface area contributed by atoms with Gasteiger partial charge in [0.2, 0.25) is 11.0 Å². The molecule has 0 aliphatic carbocycles. The quantitative estimate of drug-likeness (QED) is 0.209. The number of amides is 1. The van der Waals surface area contributed by atoms with Crippen LogP contribution in [0.5, 0.6) is 0 Å². The number of carbonyl (C=O) groups is 1. The van der Waals surface area contributed by atoms with Crippen LogP contribution in [0.3, 0.4) is 0 Å². The SMILES string of the molecule is Cc1cccc(-c2n[nH]c(=S)n2CCC(=O)Nc2nnc(SCc3cccs3)s2)c1. The molecule has 0 bridgehead atoms. The first-order chi connectivity index (χ1) is 14.6. The van der Waals surface area contributed by atoms with Crippen LogP contribution in [0.15, 0.2) is 46.1 Å². The van der Waals surface area contributed by atoms with Crippen LogP contribution >= 0.6 is 46.7 Å². The highest BCUT2D eigenvalue weighted by Gasteiger charge is 2.13. The Morgan fingerprint density at radius 3 is 3.00 bits per heavy atom. The number of thiophene rings is 1. The summed E-state index contributed by atoms with van der Waals surface area (Å²) < 4.78 is 3.16. The first-order valence-electron chi connectivity index (χ1n) is 9.09. The summed E-state index contributed by atoms with van der Waals surface area (Å²) in [5.41, 5.74) is 2.09. The summed E-state index contributed by atoms with van der Waals surface area (Å²) in [6.07, 6.45) is 0.254. The third-order valence-electron chi connectivity index (χ3n) is 4.17. The van der Waals surface area contributed by atoms with E-state index in [1.54, 1.807) is 23.1 Å². The monoisotopic (exact) mass is 474 g/mol. The lowest BCUT2D eigenvalue weighted by Gasteiger charge is -2.07. The van der Waals surface area contributed by atoms with Gasteiger partial charge in [0.1, 0.15) is 0 Å². The molecule has 0 atom stereocenters. The second-order valence-electron chi connectivity index (χ2n) is 6.41. The van der Waals surface area contributed by atoms with E-state index in [-0.39, 0.29) is 12.3 Å². The molecule has 154 valence electrons. The fraction of sp³-hybridized carbons (Fsp3) is 0.211. The van der Waals surface area contributed by atoms with Crippen molar-refractivity contribution in [3.63, 3.8) is 0 Å². The highest BCUT2D eigenvalue weighted by atomic mass is 32.2. The fourth-order valence-electron chi connectivity index (χ4n) is 2.77. The van der Waals surface area contributed by atoms with Gasteiger partial charge in [0.05, 0.1) is 0 Å². The molecule has 2 N–H and O–H groups in total. The third-order valence-corrected chi connectivity index (χ3v) is 7.56. The topological polar surface area (TPSA) is 88.5 Å². The maximum atomic E-state index is 12.4. The molecule has 11 heteroatoms. The van der Waals surface area contributed by atoms with Crippen LogP contribution in [-0.2, 0) is 17.1 Å². The fourth-order valence-corrected chi connectivity index (χ4v) is 5.54. The Labute approximate surface area is 190 Å². The summed E-state index contributed by atoms with van der Waals surface area (Å²) >= 11 is 10.1. The lowest BCUT2D eigenvalue weighted by Crippen LogP contribution is -2.15. The Kier molecular flexibility index (Phi) is 6.72. The molecule has 0 saturated heterocycles. The van der Waals surface area contributed by atoms with Crippen molar-refractivity contribution in [2.75, 3.05) is 5.32 Å². The lowest BCUT2D eigenvalue weighted by molar-refractivity contribution is -0.116. The number of hydrogen-bond acceptors (Lipinski definition) is 8. The number of anilines is 1. The maximum Gasteiger partial charge on any atom is 0.227 e. The summed E-state index contributed by atoms with van der Waals surface area (Å²) in [6.45, 7) is 2.45. The molecule has 1 aromatic carbocycles. The van der Waals surface area contributed by atoms with Crippen LogP contribution < -0.4 is 5.32 Å². The van der Waals surface area contributed by atoms with Crippen molar-refractivity contribution in [3.8, 4) is 11.4 Å². The van der Waals surface area contributed by atoms with Crippen LogP contribution in [-0.4, -0.2) is 30.9 Å². The van der Waals surface area contributed by atoms with E-state index in [9.17, 15) is 4.79 Å². The Hall–Kier alpha value is -2.34. The molecule has 4 aromatic rings. The summed E-state index contributed by atoms with van der Waals surface area (Å²) in [4.78, 5) is 13.7. The van der Waals surface area contributed by atoms with Gasteiger partial charge in [0, 0.05) is 29.2 Å². The minimum atomic E-state index is -0.140.